The number of rotatable bonds is 7. The van der Waals surface area contributed by atoms with E-state index < -0.39 is 17.7 Å². The van der Waals surface area contributed by atoms with Gasteiger partial charge in [0.25, 0.3) is 5.91 Å². The molecule has 10 nitrogen and oxygen atoms in total. The molecule has 190 valence electrons. The number of imidazole rings is 1. The predicted octanol–water partition coefficient (Wildman–Crippen LogP) is 1.19. The van der Waals surface area contributed by atoms with Gasteiger partial charge in [-0.1, -0.05) is 20.3 Å². The zero-order valence-electron chi connectivity index (χ0n) is 21.0. The summed E-state index contributed by atoms with van der Waals surface area (Å²) < 4.78 is 2.10. The van der Waals surface area contributed by atoms with Crippen molar-refractivity contribution in [3.63, 3.8) is 0 Å². The second-order valence-corrected chi connectivity index (χ2v) is 10.0. The zero-order chi connectivity index (χ0) is 25.1. The number of hydrogen-bond donors (Lipinski definition) is 1. The minimum Gasteiger partial charge on any atom is -0.340 e. The molecule has 2 aliphatic heterocycles. The Morgan fingerprint density at radius 1 is 1.14 bits per heavy atom. The average molecular weight is 485 g/mol. The predicted molar refractivity (Wildman–Crippen MR) is 130 cm³/mol. The first kappa shape index (κ1) is 25.1. The molecule has 0 spiro atoms. The molecule has 3 fully saturated rings. The molecule has 1 aromatic heterocycles. The normalized spacial score (nSPS) is 21.0. The molecule has 0 radical (unpaired) electrons. The van der Waals surface area contributed by atoms with Crippen molar-refractivity contribution in [2.45, 2.75) is 58.9 Å². The third-order valence-corrected chi connectivity index (χ3v) is 7.18. The van der Waals surface area contributed by atoms with E-state index in [9.17, 15) is 19.2 Å². The Balaban J connectivity index is 1.35. The smallest absolute Gasteiger partial charge is 0.277 e. The van der Waals surface area contributed by atoms with Crippen LogP contribution in [-0.2, 0) is 25.7 Å². The van der Waals surface area contributed by atoms with E-state index >= 15 is 0 Å². The Kier molecular flexibility index (Phi) is 7.69. The van der Waals surface area contributed by atoms with E-state index in [2.05, 4.69) is 33.6 Å². The van der Waals surface area contributed by atoms with Gasteiger partial charge in [0.1, 0.15) is 12.2 Å². The van der Waals surface area contributed by atoms with Gasteiger partial charge in [0.05, 0.1) is 12.0 Å². The second-order valence-electron chi connectivity index (χ2n) is 10.0. The number of piperazine rings is 2. The largest absolute Gasteiger partial charge is 0.340 e. The summed E-state index contributed by atoms with van der Waals surface area (Å²) in [4.78, 5) is 58.7. The molecule has 3 aliphatic rings. The number of carbonyl (C=O) groups excluding carboxylic acids is 4. The first-order valence-corrected chi connectivity index (χ1v) is 12.6. The van der Waals surface area contributed by atoms with Crippen LogP contribution in [0.15, 0.2) is 12.0 Å². The SMILES string of the molecule is CC(=O)N1CC(=O)N/C(=C\c2ncn(CCCN3CCN(C(=O)C4CCC4)CC3)c2C(C)C)C1=O. The van der Waals surface area contributed by atoms with Gasteiger partial charge >= 0.3 is 0 Å². The number of imide groups is 1. The Morgan fingerprint density at radius 3 is 2.46 bits per heavy atom. The topological polar surface area (TPSA) is 108 Å². The average Bonchev–Trinajstić information content (AvgIpc) is 3.17. The lowest BCUT2D eigenvalue weighted by molar-refractivity contribution is -0.147. The van der Waals surface area contributed by atoms with E-state index in [4.69, 9.17) is 0 Å². The molecule has 4 amide bonds. The summed E-state index contributed by atoms with van der Waals surface area (Å²) in [5.41, 5.74) is 1.67. The van der Waals surface area contributed by atoms with Gasteiger partial charge in [-0.25, -0.2) is 4.98 Å². The number of aromatic nitrogens is 2. The summed E-state index contributed by atoms with van der Waals surface area (Å²) in [6.45, 7) is 10.3. The third kappa shape index (κ3) is 5.63. The van der Waals surface area contributed by atoms with Crippen molar-refractivity contribution in [1.29, 1.82) is 0 Å². The highest BCUT2D eigenvalue weighted by Crippen LogP contribution is 2.28. The lowest BCUT2D eigenvalue weighted by atomic mass is 9.84. The summed E-state index contributed by atoms with van der Waals surface area (Å²) in [5.74, 6) is -0.606. The van der Waals surface area contributed by atoms with Crippen LogP contribution in [0.1, 0.15) is 63.8 Å². The summed E-state index contributed by atoms with van der Waals surface area (Å²) in [7, 11) is 0. The van der Waals surface area contributed by atoms with Crippen LogP contribution in [0.4, 0.5) is 0 Å². The van der Waals surface area contributed by atoms with E-state index in [1.54, 1.807) is 12.4 Å². The van der Waals surface area contributed by atoms with Gasteiger partial charge in [0.2, 0.25) is 17.7 Å². The first-order valence-electron chi connectivity index (χ1n) is 12.6. The van der Waals surface area contributed by atoms with Crippen molar-refractivity contribution >= 4 is 29.7 Å². The fourth-order valence-corrected chi connectivity index (χ4v) is 4.99. The van der Waals surface area contributed by atoms with Crippen molar-refractivity contribution in [3.05, 3.63) is 23.4 Å². The summed E-state index contributed by atoms with van der Waals surface area (Å²) in [6, 6.07) is 0. The lowest BCUT2D eigenvalue weighted by Crippen LogP contribution is -2.51. The van der Waals surface area contributed by atoms with E-state index in [0.717, 1.165) is 69.1 Å². The van der Waals surface area contributed by atoms with Gasteiger partial charge in [-0.15, -0.1) is 0 Å². The lowest BCUT2D eigenvalue weighted by Gasteiger charge is -2.38. The minimum atomic E-state index is -0.517. The van der Waals surface area contributed by atoms with Crippen molar-refractivity contribution in [3.8, 4) is 0 Å². The van der Waals surface area contributed by atoms with Crippen LogP contribution in [0, 0.1) is 5.92 Å². The maximum Gasteiger partial charge on any atom is 0.277 e. The van der Waals surface area contributed by atoms with Crippen molar-refractivity contribution < 1.29 is 19.2 Å². The first-order chi connectivity index (χ1) is 16.7. The number of aryl methyl sites for hydroxylation is 1. The number of carbonyl (C=O) groups is 4. The van der Waals surface area contributed by atoms with Gasteiger partial charge < -0.3 is 14.8 Å². The number of amides is 4. The summed E-state index contributed by atoms with van der Waals surface area (Å²) >= 11 is 0. The fourth-order valence-electron chi connectivity index (χ4n) is 4.99. The summed E-state index contributed by atoms with van der Waals surface area (Å²) in [5, 5.41) is 2.58. The van der Waals surface area contributed by atoms with Gasteiger partial charge in [0, 0.05) is 51.3 Å². The van der Waals surface area contributed by atoms with Crippen molar-refractivity contribution in [2.24, 2.45) is 5.92 Å². The standard InChI is InChI=1S/C25H36N6O4/c1-17(2)23-20(14-21-25(35)31(18(3)32)15-22(33)27-21)26-16-30(23)9-5-8-28-10-12-29(13-11-28)24(34)19-6-4-7-19/h14,16-17,19H,4-13,15H2,1-3H3,(H,27,33)/b21-14-. The minimum absolute atomic E-state index is 0.0675. The van der Waals surface area contributed by atoms with Crippen LogP contribution < -0.4 is 5.32 Å². The number of nitrogens with one attached hydrogen (secondary N) is 1. The Hall–Kier alpha value is -3.01. The molecule has 0 aromatic carbocycles. The van der Waals surface area contributed by atoms with Crippen molar-refractivity contribution in [2.75, 3.05) is 39.3 Å². The van der Waals surface area contributed by atoms with Crippen LogP contribution in [0.3, 0.4) is 0 Å². The Bertz CT molecular complexity index is 1020. The second kappa shape index (κ2) is 10.7. The van der Waals surface area contributed by atoms with E-state index in [0.29, 0.717) is 11.6 Å². The van der Waals surface area contributed by atoms with Crippen molar-refractivity contribution in [1.82, 2.24) is 29.6 Å². The highest BCUT2D eigenvalue weighted by molar-refractivity contribution is 6.12. The Morgan fingerprint density at radius 2 is 1.86 bits per heavy atom. The molecule has 0 unspecified atom stereocenters. The fraction of sp³-hybridized carbons (Fsp3) is 0.640. The third-order valence-electron chi connectivity index (χ3n) is 7.18. The molecule has 2 saturated heterocycles. The molecule has 1 saturated carbocycles. The number of nitrogens with zero attached hydrogens (tertiary/aromatic N) is 5. The van der Waals surface area contributed by atoms with E-state index in [-0.39, 0.29) is 24.1 Å². The molecule has 1 N–H and O–H groups in total. The highest BCUT2D eigenvalue weighted by atomic mass is 16.2. The Labute approximate surface area is 206 Å². The quantitative estimate of drug-likeness (QED) is 0.583. The molecule has 0 atom stereocenters. The maximum absolute atomic E-state index is 12.6. The highest BCUT2D eigenvalue weighted by Gasteiger charge is 2.32. The summed E-state index contributed by atoms with van der Waals surface area (Å²) in [6.07, 6.45) is 7.57. The number of hydrogen-bond acceptors (Lipinski definition) is 6. The van der Waals surface area contributed by atoms with Crippen LogP contribution in [0.2, 0.25) is 0 Å². The van der Waals surface area contributed by atoms with E-state index in [1.165, 1.54) is 13.3 Å². The molecule has 3 heterocycles. The molecule has 1 aliphatic carbocycles. The van der Waals surface area contributed by atoms with Crippen LogP contribution in [0.25, 0.3) is 6.08 Å². The zero-order valence-corrected chi connectivity index (χ0v) is 21.0. The van der Waals surface area contributed by atoms with Crippen LogP contribution in [-0.4, -0.2) is 87.1 Å². The monoisotopic (exact) mass is 484 g/mol. The molecular formula is C25H36N6O4. The maximum atomic E-state index is 12.6. The molecule has 10 heteroatoms. The van der Waals surface area contributed by atoms with Gasteiger partial charge in [0.15, 0.2) is 0 Å². The molecular weight excluding hydrogens is 448 g/mol. The van der Waals surface area contributed by atoms with Crippen LogP contribution >= 0.6 is 0 Å². The molecule has 35 heavy (non-hydrogen) atoms. The molecule has 4 rings (SSSR count). The molecule has 0 bridgehead atoms. The van der Waals surface area contributed by atoms with Gasteiger partial charge in [-0.05, 0) is 37.8 Å². The van der Waals surface area contributed by atoms with Gasteiger partial charge in [-0.3, -0.25) is 29.0 Å². The van der Waals surface area contributed by atoms with E-state index in [1.807, 2.05) is 4.90 Å². The van der Waals surface area contributed by atoms with Gasteiger partial charge in [-0.2, -0.15) is 0 Å². The van der Waals surface area contributed by atoms with Crippen LogP contribution in [0.5, 0.6) is 0 Å². The molecule has 1 aromatic rings.